The predicted octanol–water partition coefficient (Wildman–Crippen LogP) is 1.86. The van der Waals surface area contributed by atoms with Crippen molar-refractivity contribution in [2.45, 2.75) is 0 Å². The Labute approximate surface area is 107 Å². The van der Waals surface area contributed by atoms with Gasteiger partial charge in [0.25, 0.3) is 5.56 Å². The second kappa shape index (κ2) is 4.20. The van der Waals surface area contributed by atoms with E-state index in [0.717, 1.165) is 10.8 Å². The molecule has 0 unspecified atom stereocenters. The first-order valence-corrected chi connectivity index (χ1v) is 5.69. The molecule has 0 fully saturated rings. The molecule has 2 heterocycles. The first-order valence-electron chi connectivity index (χ1n) is 5.69. The third-order valence-electron chi connectivity index (χ3n) is 3.04. The highest BCUT2D eigenvalue weighted by molar-refractivity contribution is 6.06. The molecule has 0 radical (unpaired) electrons. The molecular weight excluding hydrogens is 244 g/mol. The lowest BCUT2D eigenvalue weighted by Crippen LogP contribution is -2.08. The van der Waals surface area contributed by atoms with Crippen LogP contribution in [0.5, 0.6) is 0 Å². The number of carbonyl (C=O) groups is 1. The zero-order valence-electron chi connectivity index (χ0n) is 10.1. The molecule has 0 amide bonds. The van der Waals surface area contributed by atoms with Crippen LogP contribution in [0.1, 0.15) is 10.4 Å². The molecular formula is C14H10N2O3. The second-order valence-electron chi connectivity index (χ2n) is 4.13. The molecule has 5 heteroatoms. The molecule has 19 heavy (non-hydrogen) atoms. The van der Waals surface area contributed by atoms with Crippen molar-refractivity contribution in [1.82, 2.24) is 9.97 Å². The minimum atomic E-state index is -0.433. The van der Waals surface area contributed by atoms with Gasteiger partial charge < -0.3 is 9.72 Å². The molecule has 2 aromatic heterocycles. The second-order valence-corrected chi connectivity index (χ2v) is 4.13. The van der Waals surface area contributed by atoms with Gasteiger partial charge in [-0.3, -0.25) is 9.78 Å². The van der Waals surface area contributed by atoms with E-state index in [-0.39, 0.29) is 5.56 Å². The first-order chi connectivity index (χ1) is 9.20. The van der Waals surface area contributed by atoms with Crippen LogP contribution in [0.4, 0.5) is 0 Å². The van der Waals surface area contributed by atoms with Crippen LogP contribution in [-0.4, -0.2) is 23.0 Å². The number of aromatic nitrogens is 2. The molecule has 1 aromatic carbocycles. The minimum Gasteiger partial charge on any atom is -0.465 e. The molecule has 3 aromatic rings. The quantitative estimate of drug-likeness (QED) is 0.531. The topological polar surface area (TPSA) is 72.1 Å². The summed E-state index contributed by atoms with van der Waals surface area (Å²) < 4.78 is 4.66. The summed E-state index contributed by atoms with van der Waals surface area (Å²) in [5.74, 6) is -0.433. The maximum absolute atomic E-state index is 11.9. The van der Waals surface area contributed by atoms with Gasteiger partial charge in [-0.1, -0.05) is 6.07 Å². The van der Waals surface area contributed by atoms with Crippen molar-refractivity contribution >= 4 is 27.6 Å². The number of esters is 1. The van der Waals surface area contributed by atoms with Crippen LogP contribution < -0.4 is 5.56 Å². The number of pyridine rings is 2. The summed E-state index contributed by atoms with van der Waals surface area (Å²) in [6.45, 7) is 0. The molecule has 3 rings (SSSR count). The molecule has 0 aliphatic heterocycles. The van der Waals surface area contributed by atoms with Crippen molar-refractivity contribution in [3.05, 3.63) is 52.6 Å². The SMILES string of the molecule is COC(=O)c1ccc2c(c1)[nH]c(=O)c1cnccc12. The van der Waals surface area contributed by atoms with E-state index in [2.05, 4.69) is 14.7 Å². The number of aromatic amines is 1. The zero-order valence-corrected chi connectivity index (χ0v) is 10.1. The minimum absolute atomic E-state index is 0.224. The monoisotopic (exact) mass is 254 g/mol. The highest BCUT2D eigenvalue weighted by atomic mass is 16.5. The average Bonchev–Trinajstić information content (AvgIpc) is 2.46. The lowest BCUT2D eigenvalue weighted by atomic mass is 10.1. The highest BCUT2D eigenvalue weighted by Gasteiger charge is 2.09. The Balaban J connectivity index is 2.40. The maximum atomic E-state index is 11.9. The number of carbonyl (C=O) groups excluding carboxylic acids is 1. The van der Waals surface area contributed by atoms with Crippen molar-refractivity contribution in [3.8, 4) is 0 Å². The fourth-order valence-corrected chi connectivity index (χ4v) is 2.13. The fraction of sp³-hybridized carbons (Fsp3) is 0.0714. The Bertz CT molecular complexity index is 852. The van der Waals surface area contributed by atoms with E-state index in [9.17, 15) is 9.59 Å². The molecule has 5 nitrogen and oxygen atoms in total. The number of hydrogen-bond acceptors (Lipinski definition) is 4. The van der Waals surface area contributed by atoms with Crippen molar-refractivity contribution in [1.29, 1.82) is 0 Å². The van der Waals surface area contributed by atoms with Gasteiger partial charge in [0.2, 0.25) is 0 Å². The molecule has 0 bridgehead atoms. The number of nitrogens with one attached hydrogen (secondary N) is 1. The van der Waals surface area contributed by atoms with Crippen LogP contribution in [-0.2, 0) is 4.74 Å². The Hall–Kier alpha value is -2.69. The van der Waals surface area contributed by atoms with E-state index >= 15 is 0 Å². The smallest absolute Gasteiger partial charge is 0.337 e. The van der Waals surface area contributed by atoms with Gasteiger partial charge in [0.1, 0.15) is 0 Å². The summed E-state index contributed by atoms with van der Waals surface area (Å²) in [4.78, 5) is 30.1. The standard InChI is InChI=1S/C14H10N2O3/c1-19-14(18)8-2-3-10-9-4-5-15-7-11(9)13(17)16-12(10)6-8/h2-7H,1H3,(H,16,17). The van der Waals surface area contributed by atoms with Crippen LogP contribution in [0.2, 0.25) is 0 Å². The number of ether oxygens (including phenoxy) is 1. The van der Waals surface area contributed by atoms with Gasteiger partial charge in [0, 0.05) is 23.3 Å². The Kier molecular flexibility index (Phi) is 2.52. The largest absolute Gasteiger partial charge is 0.465 e. The van der Waals surface area contributed by atoms with E-state index in [1.54, 1.807) is 30.5 Å². The van der Waals surface area contributed by atoms with Crippen LogP contribution in [0.15, 0.2) is 41.5 Å². The van der Waals surface area contributed by atoms with E-state index in [0.29, 0.717) is 16.5 Å². The third-order valence-corrected chi connectivity index (χ3v) is 3.04. The summed E-state index contributed by atoms with van der Waals surface area (Å²) >= 11 is 0. The fourth-order valence-electron chi connectivity index (χ4n) is 2.13. The van der Waals surface area contributed by atoms with Gasteiger partial charge in [0.05, 0.1) is 18.1 Å². The highest BCUT2D eigenvalue weighted by Crippen LogP contribution is 2.21. The number of nitrogens with zero attached hydrogens (tertiary/aromatic N) is 1. The van der Waals surface area contributed by atoms with Crippen molar-refractivity contribution in [2.24, 2.45) is 0 Å². The maximum Gasteiger partial charge on any atom is 0.337 e. The average molecular weight is 254 g/mol. The molecule has 0 aliphatic rings. The summed E-state index contributed by atoms with van der Waals surface area (Å²) in [5.41, 5.74) is 0.781. The lowest BCUT2D eigenvalue weighted by molar-refractivity contribution is 0.0601. The van der Waals surface area contributed by atoms with Gasteiger partial charge in [-0.05, 0) is 23.6 Å². The molecule has 0 spiro atoms. The van der Waals surface area contributed by atoms with Crippen LogP contribution in [0.25, 0.3) is 21.7 Å². The van der Waals surface area contributed by atoms with Gasteiger partial charge in [-0.2, -0.15) is 0 Å². The number of hydrogen-bond donors (Lipinski definition) is 1. The number of H-pyrrole nitrogens is 1. The summed E-state index contributed by atoms with van der Waals surface area (Å²) in [7, 11) is 1.32. The van der Waals surface area contributed by atoms with Gasteiger partial charge in [-0.15, -0.1) is 0 Å². The van der Waals surface area contributed by atoms with Gasteiger partial charge in [-0.25, -0.2) is 4.79 Å². The van der Waals surface area contributed by atoms with E-state index in [4.69, 9.17) is 0 Å². The van der Waals surface area contributed by atoms with E-state index in [1.165, 1.54) is 13.3 Å². The normalized spacial score (nSPS) is 10.8. The number of benzene rings is 1. The van der Waals surface area contributed by atoms with Crippen molar-refractivity contribution in [2.75, 3.05) is 7.11 Å². The van der Waals surface area contributed by atoms with Crippen molar-refractivity contribution in [3.63, 3.8) is 0 Å². The van der Waals surface area contributed by atoms with Crippen LogP contribution in [0.3, 0.4) is 0 Å². The number of rotatable bonds is 1. The van der Waals surface area contributed by atoms with Crippen LogP contribution >= 0.6 is 0 Å². The zero-order chi connectivity index (χ0) is 13.4. The number of methoxy groups -OCH3 is 1. The summed E-state index contributed by atoms with van der Waals surface area (Å²) in [5, 5.41) is 2.20. The molecule has 94 valence electrons. The summed E-state index contributed by atoms with van der Waals surface area (Å²) in [6.07, 6.45) is 3.16. The third kappa shape index (κ3) is 1.76. The van der Waals surface area contributed by atoms with Crippen molar-refractivity contribution < 1.29 is 9.53 Å². The van der Waals surface area contributed by atoms with Gasteiger partial charge >= 0.3 is 5.97 Å². The van der Waals surface area contributed by atoms with E-state index in [1.807, 2.05) is 0 Å². The van der Waals surface area contributed by atoms with Gasteiger partial charge in [0.15, 0.2) is 0 Å². The Morgan fingerprint density at radius 3 is 2.84 bits per heavy atom. The first kappa shape index (κ1) is 11.4. The molecule has 0 atom stereocenters. The number of fused-ring (bicyclic) bond motifs is 3. The molecule has 0 aliphatic carbocycles. The molecule has 0 saturated heterocycles. The van der Waals surface area contributed by atoms with E-state index < -0.39 is 5.97 Å². The van der Waals surface area contributed by atoms with Crippen LogP contribution in [0, 0.1) is 0 Å². The Morgan fingerprint density at radius 1 is 1.21 bits per heavy atom. The molecule has 1 N–H and O–H groups in total. The Morgan fingerprint density at radius 2 is 2.05 bits per heavy atom. The lowest BCUT2D eigenvalue weighted by Gasteiger charge is -2.05. The summed E-state index contributed by atoms with van der Waals surface area (Å²) in [6, 6.07) is 6.86. The predicted molar refractivity (Wildman–Crippen MR) is 71.2 cm³/mol. The molecule has 0 saturated carbocycles.